The van der Waals surface area contributed by atoms with E-state index in [4.69, 9.17) is 4.74 Å². The van der Waals surface area contributed by atoms with Gasteiger partial charge in [0.2, 0.25) is 10.0 Å². The van der Waals surface area contributed by atoms with E-state index >= 15 is 0 Å². The Morgan fingerprint density at radius 2 is 1.94 bits per heavy atom. The zero-order chi connectivity index (χ0) is 23.7. The fraction of sp³-hybridized carbons (Fsp3) is 0.524. The van der Waals surface area contributed by atoms with Gasteiger partial charge in [-0.25, -0.2) is 31.7 Å². The smallest absolute Gasteiger partial charge is 0.410 e. The van der Waals surface area contributed by atoms with Crippen molar-refractivity contribution in [3.63, 3.8) is 0 Å². The predicted molar refractivity (Wildman–Crippen MR) is 119 cm³/mol. The maximum absolute atomic E-state index is 13.6. The molecule has 2 aromatic rings. The van der Waals surface area contributed by atoms with Crippen LogP contribution in [0.15, 0.2) is 23.6 Å². The van der Waals surface area contributed by atoms with Gasteiger partial charge in [0.1, 0.15) is 22.2 Å². The van der Waals surface area contributed by atoms with Gasteiger partial charge >= 0.3 is 6.09 Å². The van der Waals surface area contributed by atoms with E-state index in [0.717, 1.165) is 6.07 Å². The zero-order valence-corrected chi connectivity index (χ0v) is 20.0. The largest absolute Gasteiger partial charge is 0.444 e. The van der Waals surface area contributed by atoms with E-state index in [1.54, 1.807) is 33.1 Å². The number of benzene rings is 1. The highest BCUT2D eigenvalue weighted by molar-refractivity contribution is 7.89. The molecular formula is C21H27F2N3O4S2. The van der Waals surface area contributed by atoms with E-state index in [9.17, 15) is 22.0 Å². The molecule has 1 fully saturated rings. The number of likely N-dealkylation sites (tertiary alicyclic amines) is 1. The summed E-state index contributed by atoms with van der Waals surface area (Å²) in [5.74, 6) is -1.47. The zero-order valence-electron chi connectivity index (χ0n) is 18.4. The first kappa shape index (κ1) is 24.5. The van der Waals surface area contributed by atoms with Crippen LogP contribution >= 0.6 is 11.3 Å². The molecule has 0 unspecified atom stereocenters. The van der Waals surface area contributed by atoms with Crippen molar-refractivity contribution < 1.29 is 26.7 Å². The summed E-state index contributed by atoms with van der Waals surface area (Å²) in [6, 6.07) is 2.19. The first-order chi connectivity index (χ1) is 14.9. The Hall–Kier alpha value is -2.11. The van der Waals surface area contributed by atoms with Crippen molar-refractivity contribution in [1.29, 1.82) is 0 Å². The number of rotatable bonds is 6. The maximum Gasteiger partial charge on any atom is 0.410 e. The highest BCUT2D eigenvalue weighted by atomic mass is 32.2. The lowest BCUT2D eigenvalue weighted by Crippen LogP contribution is -2.49. The van der Waals surface area contributed by atoms with Crippen molar-refractivity contribution in [3.05, 3.63) is 40.9 Å². The molecule has 11 heteroatoms. The van der Waals surface area contributed by atoms with Gasteiger partial charge in [0.15, 0.2) is 0 Å². The minimum absolute atomic E-state index is 0.0748. The number of carbonyl (C=O) groups excluding carboxylic acids is 1. The Kier molecular flexibility index (Phi) is 7.21. The van der Waals surface area contributed by atoms with E-state index in [1.807, 2.05) is 0 Å². The van der Waals surface area contributed by atoms with E-state index in [1.165, 1.54) is 28.4 Å². The van der Waals surface area contributed by atoms with Gasteiger partial charge < -0.3 is 9.64 Å². The fourth-order valence-corrected chi connectivity index (χ4v) is 5.25. The summed E-state index contributed by atoms with van der Waals surface area (Å²) < 4.78 is 59.7. The molecule has 1 aromatic heterocycles. The molecule has 1 amide bonds. The van der Waals surface area contributed by atoms with Crippen LogP contribution in [0.2, 0.25) is 0 Å². The molecule has 1 aromatic carbocycles. The summed E-state index contributed by atoms with van der Waals surface area (Å²) >= 11 is 1.22. The molecule has 0 aliphatic carbocycles. The monoisotopic (exact) mass is 487 g/mol. The third-order valence-electron chi connectivity index (χ3n) is 4.96. The van der Waals surface area contributed by atoms with Gasteiger partial charge in [-0.15, -0.1) is 11.3 Å². The van der Waals surface area contributed by atoms with Gasteiger partial charge in [0.25, 0.3) is 0 Å². The Balaban J connectivity index is 1.85. The molecule has 7 nitrogen and oxygen atoms in total. The Labute approximate surface area is 190 Å². The lowest BCUT2D eigenvalue weighted by atomic mass is 10.1. The van der Waals surface area contributed by atoms with Gasteiger partial charge in [-0.2, -0.15) is 0 Å². The number of carbonyl (C=O) groups is 1. The van der Waals surface area contributed by atoms with Crippen LogP contribution in [0, 0.1) is 11.6 Å². The molecule has 2 atom stereocenters. The number of halogens is 2. The Bertz CT molecular complexity index is 1060. The van der Waals surface area contributed by atoms with Crippen molar-refractivity contribution in [2.75, 3.05) is 12.3 Å². The second kappa shape index (κ2) is 9.40. The lowest BCUT2D eigenvalue weighted by molar-refractivity contribution is 0.0218. The second-order valence-corrected chi connectivity index (χ2v) is 11.6. The van der Waals surface area contributed by atoms with Crippen LogP contribution in [0.4, 0.5) is 13.6 Å². The molecule has 1 aliphatic heterocycles. The van der Waals surface area contributed by atoms with Gasteiger partial charge in [0.05, 0.1) is 17.5 Å². The van der Waals surface area contributed by atoms with Crippen molar-refractivity contribution in [3.8, 4) is 10.6 Å². The molecule has 1 aliphatic rings. The minimum Gasteiger partial charge on any atom is -0.444 e. The average molecular weight is 488 g/mol. The maximum atomic E-state index is 13.6. The molecule has 0 spiro atoms. The van der Waals surface area contributed by atoms with Crippen LogP contribution in [0.5, 0.6) is 0 Å². The van der Waals surface area contributed by atoms with E-state index < -0.39 is 45.4 Å². The number of hydrogen-bond donors (Lipinski definition) is 1. The van der Waals surface area contributed by atoms with Crippen molar-refractivity contribution in [1.82, 2.24) is 14.6 Å². The van der Waals surface area contributed by atoms with E-state index in [0.29, 0.717) is 29.2 Å². The summed E-state index contributed by atoms with van der Waals surface area (Å²) in [5.41, 5.74) is 0.214. The molecule has 2 heterocycles. The van der Waals surface area contributed by atoms with Crippen molar-refractivity contribution in [2.45, 2.75) is 58.2 Å². The van der Waals surface area contributed by atoms with Crippen LogP contribution in [-0.4, -0.2) is 54.4 Å². The topological polar surface area (TPSA) is 88.6 Å². The predicted octanol–water partition coefficient (Wildman–Crippen LogP) is 3.95. The Morgan fingerprint density at radius 3 is 2.53 bits per heavy atom. The van der Waals surface area contributed by atoms with E-state index in [-0.39, 0.29) is 12.2 Å². The normalized spacial score (nSPS) is 19.4. The van der Waals surface area contributed by atoms with E-state index in [2.05, 4.69) is 9.71 Å². The number of aromatic nitrogens is 1. The molecule has 1 saturated heterocycles. The molecule has 0 bridgehead atoms. The van der Waals surface area contributed by atoms with Crippen LogP contribution in [0.1, 0.15) is 39.8 Å². The summed E-state index contributed by atoms with van der Waals surface area (Å²) in [5, 5.41) is 2.18. The molecule has 3 rings (SSSR count). The standard InChI is InChI=1S/C21H27F2N3O4S2/c1-5-32(28,29)25-17-6-7-26(20(27)30-21(2,3)4)18(17)11-16-12-31-19(24-16)13-8-14(22)10-15(23)9-13/h8-10,12,17-18,25H,5-7,11H2,1-4H3/t17-,18-/m1/s1. The first-order valence-corrected chi connectivity index (χ1v) is 12.8. The number of ether oxygens (including phenoxy) is 1. The first-order valence-electron chi connectivity index (χ1n) is 10.3. The lowest BCUT2D eigenvalue weighted by Gasteiger charge is -2.30. The molecule has 0 saturated carbocycles. The molecule has 32 heavy (non-hydrogen) atoms. The van der Waals surface area contributed by atoms with Gasteiger partial charge in [-0.1, -0.05) is 0 Å². The number of nitrogens with one attached hydrogen (secondary N) is 1. The van der Waals surface area contributed by atoms with Crippen LogP contribution in [-0.2, 0) is 21.2 Å². The number of hydrogen-bond acceptors (Lipinski definition) is 6. The van der Waals surface area contributed by atoms with Crippen molar-refractivity contribution in [2.24, 2.45) is 0 Å². The number of amides is 1. The second-order valence-electron chi connectivity index (χ2n) is 8.66. The van der Waals surface area contributed by atoms with Crippen molar-refractivity contribution >= 4 is 27.5 Å². The number of nitrogens with zero attached hydrogens (tertiary/aromatic N) is 2. The van der Waals surface area contributed by atoms with Gasteiger partial charge in [0, 0.05) is 36.0 Å². The highest BCUT2D eigenvalue weighted by Crippen LogP contribution is 2.29. The number of sulfonamides is 1. The van der Waals surface area contributed by atoms with Gasteiger partial charge in [-0.3, -0.25) is 0 Å². The Morgan fingerprint density at radius 1 is 1.28 bits per heavy atom. The minimum atomic E-state index is -3.49. The molecule has 0 radical (unpaired) electrons. The summed E-state index contributed by atoms with van der Waals surface area (Å²) in [4.78, 5) is 18.8. The van der Waals surface area contributed by atoms with Gasteiger partial charge in [-0.05, 0) is 46.2 Å². The number of thiazole rings is 1. The molecule has 1 N–H and O–H groups in total. The molecule has 176 valence electrons. The summed E-state index contributed by atoms with van der Waals surface area (Å²) in [6.45, 7) is 7.17. The van der Waals surface area contributed by atoms with Crippen LogP contribution in [0.3, 0.4) is 0 Å². The summed E-state index contributed by atoms with van der Waals surface area (Å²) in [6.07, 6.45) is 0.183. The average Bonchev–Trinajstić information content (AvgIpc) is 3.27. The molecular weight excluding hydrogens is 460 g/mol. The highest BCUT2D eigenvalue weighted by Gasteiger charge is 2.41. The quantitative estimate of drug-likeness (QED) is 0.667. The SMILES string of the molecule is CCS(=O)(=O)N[C@@H]1CCN(C(=O)OC(C)(C)C)[C@@H]1Cc1csc(-c2cc(F)cc(F)c2)n1. The third-order valence-corrected chi connectivity index (χ3v) is 7.33. The third kappa shape index (κ3) is 6.23. The van der Waals surface area contributed by atoms with Crippen LogP contribution < -0.4 is 4.72 Å². The summed E-state index contributed by atoms with van der Waals surface area (Å²) in [7, 11) is -3.49. The fourth-order valence-electron chi connectivity index (χ4n) is 3.53. The van der Waals surface area contributed by atoms with Crippen LogP contribution in [0.25, 0.3) is 10.6 Å².